The summed E-state index contributed by atoms with van der Waals surface area (Å²) in [6.07, 6.45) is 7.20. The molecule has 0 bridgehead atoms. The number of fused-ring (bicyclic) bond motifs is 1. The van der Waals surface area contributed by atoms with Crippen LogP contribution in [0.5, 0.6) is 0 Å². The van der Waals surface area contributed by atoms with Crippen molar-refractivity contribution in [2.24, 2.45) is 0 Å². The summed E-state index contributed by atoms with van der Waals surface area (Å²) in [5.74, 6) is 1.23. The Bertz CT molecular complexity index is 907. The first kappa shape index (κ1) is 20.6. The Balaban J connectivity index is 1.69. The Morgan fingerprint density at radius 3 is 2.89 bits per heavy atom. The fourth-order valence-corrected chi connectivity index (χ4v) is 5.39. The highest BCUT2D eigenvalue weighted by molar-refractivity contribution is 7.99. The predicted octanol–water partition coefficient (Wildman–Crippen LogP) is 4.52. The molecule has 6 nitrogen and oxygen atoms in total. The number of rotatable bonds is 7. The summed E-state index contributed by atoms with van der Waals surface area (Å²) < 4.78 is 1.99. The SMILES string of the molecule is C=CCn1c(SCC(=O)Nc2sc3c(c2C#N)CCCCC3)nnc1C(C)C. The monoisotopic (exact) mass is 415 g/mol. The lowest BCUT2D eigenvalue weighted by Crippen LogP contribution is -2.15. The van der Waals surface area contributed by atoms with Gasteiger partial charge in [0.25, 0.3) is 0 Å². The van der Waals surface area contributed by atoms with E-state index in [-0.39, 0.29) is 17.6 Å². The Morgan fingerprint density at radius 1 is 1.39 bits per heavy atom. The van der Waals surface area contributed by atoms with Crippen molar-refractivity contribution in [3.8, 4) is 6.07 Å². The summed E-state index contributed by atoms with van der Waals surface area (Å²) in [5.41, 5.74) is 1.79. The standard InChI is InChI=1S/C20H25N5OS2/c1-4-10-25-18(13(2)3)23-24-20(25)27-12-17(26)22-19-15(11-21)14-8-6-5-7-9-16(14)28-19/h4,13H,1,5-10,12H2,2-3H3,(H,22,26). The van der Waals surface area contributed by atoms with Gasteiger partial charge in [-0.25, -0.2) is 0 Å². The number of allylic oxidation sites excluding steroid dienone is 1. The molecule has 1 aliphatic rings. The molecule has 8 heteroatoms. The maximum Gasteiger partial charge on any atom is 0.235 e. The molecule has 2 aromatic heterocycles. The van der Waals surface area contributed by atoms with Gasteiger partial charge in [0, 0.05) is 17.3 Å². The third kappa shape index (κ3) is 4.47. The zero-order valence-corrected chi connectivity index (χ0v) is 18.0. The number of aromatic nitrogens is 3. The van der Waals surface area contributed by atoms with Crippen molar-refractivity contribution in [1.29, 1.82) is 5.26 Å². The van der Waals surface area contributed by atoms with E-state index in [9.17, 15) is 10.1 Å². The molecule has 2 aromatic rings. The summed E-state index contributed by atoms with van der Waals surface area (Å²) in [7, 11) is 0. The first-order valence-electron chi connectivity index (χ1n) is 9.56. The van der Waals surface area contributed by atoms with Gasteiger partial charge in [-0.05, 0) is 31.2 Å². The second-order valence-corrected chi connectivity index (χ2v) is 9.16. The van der Waals surface area contributed by atoms with Crippen LogP contribution in [0.1, 0.15) is 60.9 Å². The lowest BCUT2D eigenvalue weighted by molar-refractivity contribution is -0.113. The lowest BCUT2D eigenvalue weighted by Gasteiger charge is -2.09. The molecule has 1 N–H and O–H groups in total. The van der Waals surface area contributed by atoms with Crippen LogP contribution in [0.2, 0.25) is 0 Å². The molecule has 0 saturated heterocycles. The first-order chi connectivity index (χ1) is 13.5. The minimum absolute atomic E-state index is 0.128. The van der Waals surface area contributed by atoms with Crippen LogP contribution in [-0.2, 0) is 24.2 Å². The van der Waals surface area contributed by atoms with Crippen LogP contribution in [0.3, 0.4) is 0 Å². The van der Waals surface area contributed by atoms with Crippen LogP contribution in [0, 0.1) is 11.3 Å². The lowest BCUT2D eigenvalue weighted by atomic mass is 10.1. The van der Waals surface area contributed by atoms with E-state index in [0.717, 1.165) is 37.1 Å². The van der Waals surface area contributed by atoms with Gasteiger partial charge in [-0.15, -0.1) is 28.1 Å². The minimum Gasteiger partial charge on any atom is -0.316 e. The van der Waals surface area contributed by atoms with Gasteiger partial charge < -0.3 is 9.88 Å². The van der Waals surface area contributed by atoms with E-state index in [4.69, 9.17) is 0 Å². The van der Waals surface area contributed by atoms with Gasteiger partial charge in [0.2, 0.25) is 5.91 Å². The molecule has 1 aliphatic carbocycles. The van der Waals surface area contributed by atoms with Gasteiger partial charge in [0.15, 0.2) is 5.16 Å². The van der Waals surface area contributed by atoms with E-state index < -0.39 is 0 Å². The van der Waals surface area contributed by atoms with Crippen molar-refractivity contribution in [2.75, 3.05) is 11.1 Å². The Morgan fingerprint density at radius 2 is 2.18 bits per heavy atom. The molecule has 3 rings (SSSR count). The van der Waals surface area contributed by atoms with Crippen molar-refractivity contribution < 1.29 is 4.79 Å². The molecular weight excluding hydrogens is 390 g/mol. The van der Waals surface area contributed by atoms with Gasteiger partial charge >= 0.3 is 0 Å². The zero-order valence-electron chi connectivity index (χ0n) is 16.3. The summed E-state index contributed by atoms with van der Waals surface area (Å²) in [4.78, 5) is 13.8. The van der Waals surface area contributed by atoms with E-state index in [1.165, 1.54) is 23.1 Å². The molecule has 0 fully saturated rings. The third-order valence-corrected chi connectivity index (χ3v) is 6.87. The van der Waals surface area contributed by atoms with E-state index in [0.29, 0.717) is 22.3 Å². The molecule has 0 spiro atoms. The number of anilines is 1. The molecule has 0 radical (unpaired) electrons. The smallest absolute Gasteiger partial charge is 0.235 e. The number of hydrogen-bond donors (Lipinski definition) is 1. The van der Waals surface area contributed by atoms with Gasteiger partial charge in [0.1, 0.15) is 16.9 Å². The predicted molar refractivity (Wildman–Crippen MR) is 114 cm³/mol. The van der Waals surface area contributed by atoms with Crippen molar-refractivity contribution in [3.63, 3.8) is 0 Å². The van der Waals surface area contributed by atoms with E-state index in [1.54, 1.807) is 17.4 Å². The van der Waals surface area contributed by atoms with Crippen LogP contribution >= 0.6 is 23.1 Å². The van der Waals surface area contributed by atoms with Crippen LogP contribution in [0.15, 0.2) is 17.8 Å². The molecule has 0 atom stereocenters. The van der Waals surface area contributed by atoms with Crippen LogP contribution in [0.4, 0.5) is 5.00 Å². The molecule has 2 heterocycles. The summed E-state index contributed by atoms with van der Waals surface area (Å²) in [5, 5.41) is 22.4. The minimum atomic E-state index is -0.128. The number of aryl methyl sites for hydroxylation is 1. The topological polar surface area (TPSA) is 83.6 Å². The normalized spacial score (nSPS) is 13.6. The van der Waals surface area contributed by atoms with E-state index in [2.05, 4.69) is 42.0 Å². The van der Waals surface area contributed by atoms with Gasteiger partial charge in [-0.2, -0.15) is 5.26 Å². The van der Waals surface area contributed by atoms with Crippen molar-refractivity contribution >= 4 is 34.0 Å². The number of nitrogens with one attached hydrogen (secondary N) is 1. The Hall–Kier alpha value is -2.11. The van der Waals surface area contributed by atoms with E-state index >= 15 is 0 Å². The molecule has 148 valence electrons. The fourth-order valence-electron chi connectivity index (χ4n) is 3.38. The number of carbonyl (C=O) groups is 1. The first-order valence-corrected chi connectivity index (χ1v) is 11.4. The molecule has 1 amide bonds. The van der Waals surface area contributed by atoms with Crippen LogP contribution in [-0.4, -0.2) is 26.4 Å². The number of hydrogen-bond acceptors (Lipinski definition) is 6. The molecule has 0 saturated carbocycles. The highest BCUT2D eigenvalue weighted by Gasteiger charge is 2.21. The van der Waals surface area contributed by atoms with Gasteiger partial charge in [-0.3, -0.25) is 4.79 Å². The number of thioether (sulfide) groups is 1. The molecule has 0 aliphatic heterocycles. The average Bonchev–Trinajstić information content (AvgIpc) is 3.13. The van der Waals surface area contributed by atoms with E-state index in [1.807, 2.05) is 4.57 Å². The molecular formula is C20H25N5OS2. The summed E-state index contributed by atoms with van der Waals surface area (Å²) in [6, 6.07) is 2.30. The number of nitriles is 1. The maximum absolute atomic E-state index is 12.5. The second-order valence-electron chi connectivity index (χ2n) is 7.11. The highest BCUT2D eigenvalue weighted by Crippen LogP contribution is 2.37. The zero-order chi connectivity index (χ0) is 20.1. The van der Waals surface area contributed by atoms with Gasteiger partial charge in [0.05, 0.1) is 11.3 Å². The van der Waals surface area contributed by atoms with Gasteiger partial charge in [-0.1, -0.05) is 38.1 Å². The molecule has 0 aromatic carbocycles. The largest absolute Gasteiger partial charge is 0.316 e. The van der Waals surface area contributed by atoms with Crippen LogP contribution in [0.25, 0.3) is 0 Å². The number of nitrogens with zero attached hydrogens (tertiary/aromatic N) is 4. The highest BCUT2D eigenvalue weighted by atomic mass is 32.2. The Labute approximate surface area is 174 Å². The van der Waals surface area contributed by atoms with Crippen molar-refractivity contribution in [1.82, 2.24) is 14.8 Å². The number of carbonyl (C=O) groups excluding carboxylic acids is 1. The summed E-state index contributed by atoms with van der Waals surface area (Å²) >= 11 is 2.91. The third-order valence-electron chi connectivity index (χ3n) is 4.69. The molecule has 0 unspecified atom stereocenters. The number of thiophene rings is 1. The molecule has 28 heavy (non-hydrogen) atoms. The second kappa shape index (κ2) is 9.39. The maximum atomic E-state index is 12.5. The van der Waals surface area contributed by atoms with Crippen molar-refractivity contribution in [3.05, 3.63) is 34.5 Å². The van der Waals surface area contributed by atoms with Crippen LogP contribution < -0.4 is 5.32 Å². The summed E-state index contributed by atoms with van der Waals surface area (Å²) in [6.45, 7) is 8.53. The Kier molecular flexibility index (Phi) is 6.92. The van der Waals surface area contributed by atoms with Crippen molar-refractivity contribution in [2.45, 2.75) is 63.6 Å². The average molecular weight is 416 g/mol. The fraction of sp³-hybridized carbons (Fsp3) is 0.500. The number of amides is 1. The quantitative estimate of drug-likeness (QED) is 0.408.